The van der Waals surface area contributed by atoms with Crippen molar-refractivity contribution in [2.75, 3.05) is 5.32 Å². The Bertz CT molecular complexity index is 788. The molecule has 0 saturated heterocycles. The van der Waals surface area contributed by atoms with Crippen LogP contribution in [0, 0.1) is 0 Å². The maximum absolute atomic E-state index is 12.1. The summed E-state index contributed by atoms with van der Waals surface area (Å²) in [5.74, 6) is -0.428. The van der Waals surface area contributed by atoms with Gasteiger partial charge in [0.1, 0.15) is 18.3 Å². The molecule has 21 heavy (non-hydrogen) atoms. The van der Waals surface area contributed by atoms with Crippen molar-refractivity contribution in [2.45, 2.75) is 0 Å². The zero-order chi connectivity index (χ0) is 14.8. The zero-order valence-corrected chi connectivity index (χ0v) is 12.5. The highest BCUT2D eigenvalue weighted by Gasteiger charge is 2.16. The molecule has 3 rings (SSSR count). The van der Waals surface area contributed by atoms with Crippen LogP contribution < -0.4 is 5.32 Å². The van der Waals surface area contributed by atoms with Crippen molar-refractivity contribution in [1.29, 1.82) is 0 Å². The molecule has 2 aromatic heterocycles. The molecule has 1 aromatic carbocycles. The van der Waals surface area contributed by atoms with Gasteiger partial charge in [0.25, 0.3) is 5.91 Å². The first kappa shape index (κ1) is 13.9. The summed E-state index contributed by atoms with van der Waals surface area (Å²) in [6.07, 6.45) is 2.86. The van der Waals surface area contributed by atoms with Crippen molar-refractivity contribution in [2.24, 2.45) is 0 Å². The number of hydrogen-bond donors (Lipinski definition) is 1. The fraction of sp³-hybridized carbons (Fsp3) is 0. The topological polar surface area (TPSA) is 85.6 Å². The number of halogens is 2. The van der Waals surface area contributed by atoms with Crippen molar-refractivity contribution < 1.29 is 4.79 Å². The summed E-state index contributed by atoms with van der Waals surface area (Å²) >= 11 is 12.8. The van der Waals surface area contributed by atoms with Gasteiger partial charge >= 0.3 is 0 Å². The van der Waals surface area contributed by atoms with Crippen LogP contribution in [0.25, 0.3) is 5.69 Å². The van der Waals surface area contributed by atoms with Gasteiger partial charge in [-0.1, -0.05) is 29.0 Å². The maximum Gasteiger partial charge on any atom is 0.286 e. The van der Waals surface area contributed by atoms with Crippen LogP contribution >= 0.6 is 34.5 Å². The average molecular weight is 341 g/mol. The fourth-order valence-electron chi connectivity index (χ4n) is 1.65. The number of benzene rings is 1. The summed E-state index contributed by atoms with van der Waals surface area (Å²) in [5.41, 5.74) is 0.991. The number of amides is 1. The van der Waals surface area contributed by atoms with Crippen molar-refractivity contribution in [3.05, 3.63) is 45.4 Å². The predicted octanol–water partition coefficient (Wildman–Crippen LogP) is 2.68. The largest absolute Gasteiger partial charge is 0.318 e. The van der Waals surface area contributed by atoms with Gasteiger partial charge in [-0.15, -0.1) is 10.2 Å². The van der Waals surface area contributed by atoms with Crippen molar-refractivity contribution in [3.8, 4) is 5.69 Å². The SMILES string of the molecule is O=C(Nc1cccc(Cl)c1-n1cncn1)c1nnc(Cl)s1. The third kappa shape index (κ3) is 2.87. The lowest BCUT2D eigenvalue weighted by atomic mass is 10.2. The second-order valence-corrected chi connectivity index (χ2v) is 5.76. The van der Waals surface area contributed by atoms with E-state index < -0.39 is 5.91 Å². The lowest BCUT2D eigenvalue weighted by Gasteiger charge is -2.11. The third-order valence-corrected chi connectivity index (χ3v) is 3.80. The first-order chi connectivity index (χ1) is 10.1. The smallest absolute Gasteiger partial charge is 0.286 e. The molecule has 0 atom stereocenters. The minimum Gasteiger partial charge on any atom is -0.318 e. The van der Waals surface area contributed by atoms with Crippen LogP contribution in [0.5, 0.6) is 0 Å². The fourth-order valence-corrected chi connectivity index (χ4v) is 2.63. The Balaban J connectivity index is 1.96. The molecule has 1 N–H and O–H groups in total. The Kier molecular flexibility index (Phi) is 3.82. The van der Waals surface area contributed by atoms with Gasteiger partial charge in [-0.25, -0.2) is 9.67 Å². The van der Waals surface area contributed by atoms with Crippen molar-refractivity contribution in [3.63, 3.8) is 0 Å². The summed E-state index contributed by atoms with van der Waals surface area (Å²) in [6.45, 7) is 0. The first-order valence-corrected chi connectivity index (χ1v) is 7.16. The van der Waals surface area contributed by atoms with E-state index >= 15 is 0 Å². The summed E-state index contributed by atoms with van der Waals surface area (Å²) in [6, 6.07) is 5.10. The zero-order valence-electron chi connectivity index (χ0n) is 10.2. The van der Waals surface area contributed by atoms with Crippen LogP contribution in [0.2, 0.25) is 9.49 Å². The van der Waals surface area contributed by atoms with E-state index in [1.54, 1.807) is 18.2 Å². The molecule has 0 aliphatic rings. The average Bonchev–Trinajstić information content (AvgIpc) is 3.10. The Morgan fingerprint density at radius 2 is 2.14 bits per heavy atom. The number of nitrogens with one attached hydrogen (secondary N) is 1. The lowest BCUT2D eigenvalue weighted by molar-refractivity contribution is 0.102. The van der Waals surface area contributed by atoms with E-state index in [-0.39, 0.29) is 9.47 Å². The van der Waals surface area contributed by atoms with Gasteiger partial charge in [0, 0.05) is 0 Å². The van der Waals surface area contributed by atoms with Crippen LogP contribution in [0.15, 0.2) is 30.9 Å². The molecule has 0 aliphatic carbocycles. The summed E-state index contributed by atoms with van der Waals surface area (Å²) in [5, 5.41) is 14.6. The molecule has 0 radical (unpaired) electrons. The molecular weight excluding hydrogens is 335 g/mol. The monoisotopic (exact) mass is 340 g/mol. The standard InChI is InChI=1S/C11H6Cl2N6OS/c12-6-2-1-3-7(8(6)19-5-14-4-15-19)16-9(20)10-17-18-11(13)21-10/h1-5H,(H,16,20). The van der Waals surface area contributed by atoms with Crippen LogP contribution in [-0.4, -0.2) is 30.9 Å². The summed E-state index contributed by atoms with van der Waals surface area (Å²) < 4.78 is 1.66. The van der Waals surface area contributed by atoms with Gasteiger partial charge in [0.15, 0.2) is 0 Å². The predicted molar refractivity (Wildman–Crippen MR) is 79.2 cm³/mol. The number of carbonyl (C=O) groups is 1. The van der Waals surface area contributed by atoms with Crippen LogP contribution in [0.3, 0.4) is 0 Å². The van der Waals surface area contributed by atoms with Crippen molar-refractivity contribution >= 4 is 46.1 Å². The number of carbonyl (C=O) groups excluding carboxylic acids is 1. The van der Waals surface area contributed by atoms with E-state index in [0.717, 1.165) is 11.3 Å². The summed E-state index contributed by atoms with van der Waals surface area (Å²) in [4.78, 5) is 16.0. The highest BCUT2D eigenvalue weighted by Crippen LogP contribution is 2.28. The molecule has 0 bridgehead atoms. The van der Waals surface area contributed by atoms with E-state index in [1.165, 1.54) is 17.3 Å². The van der Waals surface area contributed by atoms with Crippen molar-refractivity contribution in [1.82, 2.24) is 25.0 Å². The van der Waals surface area contributed by atoms with Gasteiger partial charge in [0.2, 0.25) is 9.47 Å². The van der Waals surface area contributed by atoms with Crippen LogP contribution in [-0.2, 0) is 0 Å². The number of hydrogen-bond acceptors (Lipinski definition) is 6. The van der Waals surface area contributed by atoms with Gasteiger partial charge in [-0.2, -0.15) is 5.10 Å². The second-order valence-electron chi connectivity index (χ2n) is 3.79. The lowest BCUT2D eigenvalue weighted by Crippen LogP contribution is -2.14. The van der Waals surface area contributed by atoms with E-state index in [2.05, 4.69) is 25.6 Å². The molecule has 0 spiro atoms. The normalized spacial score (nSPS) is 10.6. The molecule has 3 aromatic rings. The Morgan fingerprint density at radius 1 is 1.29 bits per heavy atom. The van der Waals surface area contributed by atoms with Gasteiger partial charge in [-0.3, -0.25) is 4.79 Å². The molecule has 106 valence electrons. The van der Waals surface area contributed by atoms with Crippen LogP contribution in [0.4, 0.5) is 5.69 Å². The molecule has 0 aliphatic heterocycles. The van der Waals surface area contributed by atoms with Crippen LogP contribution in [0.1, 0.15) is 9.80 Å². The Morgan fingerprint density at radius 3 is 2.81 bits per heavy atom. The number of rotatable bonds is 3. The minimum atomic E-state index is -0.428. The molecule has 0 fully saturated rings. The molecule has 0 unspecified atom stereocenters. The Labute approximate surface area is 132 Å². The third-order valence-electron chi connectivity index (χ3n) is 2.48. The van der Waals surface area contributed by atoms with Gasteiger partial charge < -0.3 is 5.32 Å². The minimum absolute atomic E-state index is 0.157. The second kappa shape index (κ2) is 5.76. The molecule has 0 saturated carbocycles. The van der Waals surface area contributed by atoms with E-state index in [4.69, 9.17) is 23.2 Å². The number of anilines is 1. The quantitative estimate of drug-likeness (QED) is 0.792. The maximum atomic E-state index is 12.1. The highest BCUT2D eigenvalue weighted by atomic mass is 35.5. The number of aromatic nitrogens is 5. The van der Waals surface area contributed by atoms with E-state index in [0.29, 0.717) is 16.4 Å². The molecule has 7 nitrogen and oxygen atoms in total. The Hall–Kier alpha value is -2.03. The van der Waals surface area contributed by atoms with E-state index in [9.17, 15) is 4.79 Å². The number of para-hydroxylation sites is 1. The molecule has 10 heteroatoms. The summed E-state index contributed by atoms with van der Waals surface area (Å²) in [7, 11) is 0. The van der Waals surface area contributed by atoms with Gasteiger partial charge in [0.05, 0.1) is 10.7 Å². The highest BCUT2D eigenvalue weighted by molar-refractivity contribution is 7.17. The first-order valence-electron chi connectivity index (χ1n) is 5.59. The molecule has 2 heterocycles. The van der Waals surface area contributed by atoms with E-state index in [1.807, 2.05) is 0 Å². The molecular formula is C11H6Cl2N6OS. The van der Waals surface area contributed by atoms with Gasteiger partial charge in [-0.05, 0) is 23.7 Å². The number of nitrogens with zero attached hydrogens (tertiary/aromatic N) is 5. The molecule has 1 amide bonds.